The lowest BCUT2D eigenvalue weighted by atomic mass is 9.86. The van der Waals surface area contributed by atoms with Crippen LogP contribution in [0.3, 0.4) is 0 Å². The standard InChI is InChI=1S/C26H32N2O3/c1-27(2)16-22-14-18(8-10-24(22)29)12-20-6-5-7-21(26(20)31)13-19-9-11-25(30)23(15-19)17-28(3)4/h8-15,29-30H,5-7,16-17H2,1-4H3/b20-12-,21-13-. The van der Waals surface area contributed by atoms with Crippen molar-refractivity contribution in [1.82, 2.24) is 9.80 Å². The van der Waals surface area contributed by atoms with Crippen LogP contribution >= 0.6 is 0 Å². The molecule has 0 atom stereocenters. The highest BCUT2D eigenvalue weighted by Crippen LogP contribution is 2.30. The van der Waals surface area contributed by atoms with Crippen molar-refractivity contribution >= 4 is 17.9 Å². The molecule has 5 heteroatoms. The third-order valence-corrected chi connectivity index (χ3v) is 5.34. The average Bonchev–Trinajstić information content (AvgIpc) is 2.69. The number of aromatic hydroxyl groups is 2. The fraction of sp³-hybridized carbons (Fsp3) is 0.346. The molecule has 1 saturated carbocycles. The zero-order valence-electron chi connectivity index (χ0n) is 18.9. The summed E-state index contributed by atoms with van der Waals surface area (Å²) in [7, 11) is 7.83. The van der Waals surface area contributed by atoms with Crippen molar-refractivity contribution < 1.29 is 15.0 Å². The molecule has 0 amide bonds. The van der Waals surface area contributed by atoms with E-state index >= 15 is 0 Å². The molecule has 0 aromatic heterocycles. The zero-order chi connectivity index (χ0) is 22.5. The van der Waals surface area contributed by atoms with Gasteiger partial charge in [0.2, 0.25) is 0 Å². The maximum Gasteiger partial charge on any atom is 0.185 e. The van der Waals surface area contributed by atoms with Crippen molar-refractivity contribution in [1.29, 1.82) is 0 Å². The second-order valence-corrected chi connectivity index (χ2v) is 8.77. The highest BCUT2D eigenvalue weighted by Gasteiger charge is 2.21. The summed E-state index contributed by atoms with van der Waals surface area (Å²) in [5, 5.41) is 20.2. The monoisotopic (exact) mass is 420 g/mol. The van der Waals surface area contributed by atoms with Gasteiger partial charge in [-0.1, -0.05) is 12.1 Å². The Balaban J connectivity index is 1.86. The van der Waals surface area contributed by atoms with E-state index in [1.807, 2.05) is 74.4 Å². The SMILES string of the molecule is CN(C)Cc1cc(/C=C2/CCC/C(=C/c3ccc(O)c(CN(C)C)c3)C2=O)ccc1O. The number of Topliss-reactive ketones (excluding diaryl/α,β-unsaturated/α-hetero) is 1. The lowest BCUT2D eigenvalue weighted by Crippen LogP contribution is -2.13. The van der Waals surface area contributed by atoms with Crippen molar-refractivity contribution in [2.24, 2.45) is 0 Å². The maximum absolute atomic E-state index is 13.1. The van der Waals surface area contributed by atoms with E-state index in [2.05, 4.69) is 0 Å². The number of carbonyl (C=O) groups excluding carboxylic acids is 1. The van der Waals surface area contributed by atoms with Gasteiger partial charge in [-0.3, -0.25) is 4.79 Å². The molecule has 31 heavy (non-hydrogen) atoms. The van der Waals surface area contributed by atoms with Crippen LogP contribution in [-0.2, 0) is 17.9 Å². The van der Waals surface area contributed by atoms with E-state index in [9.17, 15) is 15.0 Å². The van der Waals surface area contributed by atoms with E-state index in [0.29, 0.717) is 13.1 Å². The molecule has 2 aromatic carbocycles. The summed E-state index contributed by atoms with van der Waals surface area (Å²) in [6.07, 6.45) is 6.32. The van der Waals surface area contributed by atoms with Crippen molar-refractivity contribution in [3.63, 3.8) is 0 Å². The first-order chi connectivity index (χ1) is 14.7. The van der Waals surface area contributed by atoms with Crippen LogP contribution in [0.15, 0.2) is 47.5 Å². The number of phenolic OH excluding ortho intramolecular Hbond substituents is 2. The van der Waals surface area contributed by atoms with Crippen LogP contribution < -0.4 is 0 Å². The van der Waals surface area contributed by atoms with Crippen molar-refractivity contribution in [3.8, 4) is 11.5 Å². The molecule has 1 fully saturated rings. The maximum atomic E-state index is 13.1. The molecule has 0 bridgehead atoms. The predicted molar refractivity (Wildman–Crippen MR) is 126 cm³/mol. The molecule has 3 rings (SSSR count). The Kier molecular flexibility index (Phi) is 7.31. The number of allylic oxidation sites excluding steroid dienone is 2. The van der Waals surface area contributed by atoms with Gasteiger partial charge >= 0.3 is 0 Å². The third-order valence-electron chi connectivity index (χ3n) is 5.34. The molecule has 2 N–H and O–H groups in total. The molecule has 164 valence electrons. The van der Waals surface area contributed by atoms with Crippen LogP contribution in [0.5, 0.6) is 11.5 Å². The van der Waals surface area contributed by atoms with Crippen LogP contribution in [0.25, 0.3) is 12.2 Å². The Bertz CT molecular complexity index is 940. The fourth-order valence-electron chi connectivity index (χ4n) is 3.91. The number of hydrogen-bond acceptors (Lipinski definition) is 5. The van der Waals surface area contributed by atoms with Crippen molar-refractivity contribution in [2.75, 3.05) is 28.2 Å². The van der Waals surface area contributed by atoms with Crippen LogP contribution in [0.1, 0.15) is 41.5 Å². The number of hydrogen-bond donors (Lipinski definition) is 2. The lowest BCUT2D eigenvalue weighted by Gasteiger charge is -2.18. The van der Waals surface area contributed by atoms with Crippen molar-refractivity contribution in [3.05, 3.63) is 69.8 Å². The number of nitrogens with zero attached hydrogens (tertiary/aromatic N) is 2. The molecule has 0 aliphatic heterocycles. The van der Waals surface area contributed by atoms with Gasteiger partial charge in [0.05, 0.1) is 0 Å². The van der Waals surface area contributed by atoms with Gasteiger partial charge in [0.25, 0.3) is 0 Å². The summed E-state index contributed by atoms with van der Waals surface area (Å²) >= 11 is 0. The minimum Gasteiger partial charge on any atom is -0.508 e. The van der Waals surface area contributed by atoms with Gasteiger partial charge in [-0.05, 0) is 95.0 Å². The Morgan fingerprint density at radius 3 is 1.58 bits per heavy atom. The van der Waals surface area contributed by atoms with Gasteiger partial charge in [-0.2, -0.15) is 0 Å². The van der Waals surface area contributed by atoms with Gasteiger partial charge in [0.15, 0.2) is 5.78 Å². The molecule has 0 radical (unpaired) electrons. The van der Waals surface area contributed by atoms with E-state index < -0.39 is 0 Å². The molecule has 0 saturated heterocycles. The molecule has 2 aromatic rings. The van der Waals surface area contributed by atoms with Gasteiger partial charge in [0.1, 0.15) is 11.5 Å². The van der Waals surface area contributed by atoms with E-state index in [4.69, 9.17) is 0 Å². The van der Waals surface area contributed by atoms with Crippen LogP contribution in [0.2, 0.25) is 0 Å². The van der Waals surface area contributed by atoms with E-state index in [0.717, 1.165) is 52.7 Å². The summed E-state index contributed by atoms with van der Waals surface area (Å²) in [6.45, 7) is 1.27. The normalized spacial score (nSPS) is 17.3. The number of phenols is 2. The van der Waals surface area contributed by atoms with Gasteiger partial charge in [0, 0.05) is 35.4 Å². The van der Waals surface area contributed by atoms with E-state index in [1.54, 1.807) is 12.1 Å². The second-order valence-electron chi connectivity index (χ2n) is 8.77. The molecule has 1 aliphatic rings. The summed E-state index contributed by atoms with van der Waals surface area (Å²) in [5.74, 6) is 0.621. The lowest BCUT2D eigenvalue weighted by molar-refractivity contribution is -0.112. The third kappa shape index (κ3) is 6.06. The Morgan fingerprint density at radius 2 is 1.19 bits per heavy atom. The largest absolute Gasteiger partial charge is 0.508 e. The van der Waals surface area contributed by atoms with E-state index in [-0.39, 0.29) is 17.3 Å². The zero-order valence-corrected chi connectivity index (χ0v) is 18.9. The van der Waals surface area contributed by atoms with Crippen LogP contribution in [0, 0.1) is 0 Å². The Hall–Kier alpha value is -2.89. The minimum atomic E-state index is 0.0794. The molecular weight excluding hydrogens is 388 g/mol. The van der Waals surface area contributed by atoms with Gasteiger partial charge in [-0.15, -0.1) is 0 Å². The second kappa shape index (κ2) is 9.94. The number of carbonyl (C=O) groups is 1. The summed E-state index contributed by atoms with van der Waals surface area (Å²) in [4.78, 5) is 17.1. The molecule has 0 unspecified atom stereocenters. The summed E-state index contributed by atoms with van der Waals surface area (Å²) in [6, 6.07) is 11.0. The smallest absolute Gasteiger partial charge is 0.185 e. The first-order valence-corrected chi connectivity index (χ1v) is 10.6. The van der Waals surface area contributed by atoms with Crippen LogP contribution in [-0.4, -0.2) is 54.0 Å². The Morgan fingerprint density at radius 1 is 0.774 bits per heavy atom. The Labute approximate surface area is 184 Å². The molecular formula is C26H32N2O3. The fourth-order valence-corrected chi connectivity index (χ4v) is 3.91. The summed E-state index contributed by atoms with van der Waals surface area (Å²) < 4.78 is 0. The number of rotatable bonds is 6. The van der Waals surface area contributed by atoms with Crippen LogP contribution in [0.4, 0.5) is 0 Å². The first kappa shape index (κ1) is 22.8. The molecule has 0 spiro atoms. The molecule has 1 aliphatic carbocycles. The highest BCUT2D eigenvalue weighted by atomic mass is 16.3. The first-order valence-electron chi connectivity index (χ1n) is 10.6. The average molecular weight is 421 g/mol. The molecule has 5 nitrogen and oxygen atoms in total. The highest BCUT2D eigenvalue weighted by molar-refractivity contribution is 6.14. The van der Waals surface area contributed by atoms with Gasteiger partial charge < -0.3 is 20.0 Å². The van der Waals surface area contributed by atoms with Crippen molar-refractivity contribution in [2.45, 2.75) is 32.4 Å². The number of ketones is 1. The topological polar surface area (TPSA) is 64.0 Å². The quantitative estimate of drug-likeness (QED) is 0.677. The summed E-state index contributed by atoms with van der Waals surface area (Å²) in [5.41, 5.74) is 5.14. The molecule has 0 heterocycles. The van der Waals surface area contributed by atoms with Gasteiger partial charge in [-0.25, -0.2) is 0 Å². The predicted octanol–water partition coefficient (Wildman–Crippen LogP) is 4.44. The minimum absolute atomic E-state index is 0.0794. The van der Waals surface area contributed by atoms with E-state index in [1.165, 1.54) is 0 Å². The number of benzene rings is 2.